The lowest BCUT2D eigenvalue weighted by molar-refractivity contribution is -0.143. The van der Waals surface area contributed by atoms with Crippen molar-refractivity contribution in [1.82, 2.24) is 0 Å². The maximum atomic E-state index is 10.9. The van der Waals surface area contributed by atoms with E-state index in [1.165, 1.54) is 44.9 Å². The fourth-order valence-electron chi connectivity index (χ4n) is 2.63. The Labute approximate surface area is 167 Å². The van der Waals surface area contributed by atoms with Gasteiger partial charge in [-0.1, -0.05) is 90.4 Å². The number of carboxylic acid groups (broad SMARTS) is 1. The van der Waals surface area contributed by atoms with Crippen LogP contribution in [0.25, 0.3) is 0 Å². The lowest BCUT2D eigenvalue weighted by Gasteiger charge is -2.09. The zero-order chi connectivity index (χ0) is 20.8. The number of hydrogen-bond acceptors (Lipinski definition) is 3. The molecule has 0 aromatic rings. The molecule has 0 aliphatic heterocycles. The lowest BCUT2D eigenvalue weighted by atomic mass is 9.97. The smallest absolute Gasteiger partial charge is 0.306 e. The van der Waals surface area contributed by atoms with Crippen molar-refractivity contribution < 1.29 is 19.4 Å². The van der Waals surface area contributed by atoms with Gasteiger partial charge in [0.2, 0.25) is 0 Å². The minimum atomic E-state index is -0.677. The summed E-state index contributed by atoms with van der Waals surface area (Å²) in [6, 6.07) is 0. The van der Waals surface area contributed by atoms with Gasteiger partial charge in [0, 0.05) is 6.42 Å². The van der Waals surface area contributed by atoms with Crippen molar-refractivity contribution in [3.8, 4) is 0 Å². The van der Waals surface area contributed by atoms with Crippen LogP contribution in [0.1, 0.15) is 97.3 Å². The molecule has 0 aliphatic rings. The maximum absolute atomic E-state index is 10.9. The Kier molecular flexibility index (Phi) is 23.0. The van der Waals surface area contributed by atoms with E-state index in [2.05, 4.69) is 27.0 Å². The monoisotopic (exact) mass is 382 g/mol. The third kappa shape index (κ3) is 22.4. The van der Waals surface area contributed by atoms with Crippen LogP contribution in [-0.2, 0) is 14.3 Å². The molecule has 0 rings (SSSR count). The lowest BCUT2D eigenvalue weighted by Crippen LogP contribution is -2.12. The van der Waals surface area contributed by atoms with Crippen molar-refractivity contribution in [3.05, 3.63) is 25.3 Å². The minimum Gasteiger partial charge on any atom is -0.481 e. The van der Waals surface area contributed by atoms with Gasteiger partial charge in [-0.25, -0.2) is 0 Å². The Morgan fingerprint density at radius 3 is 1.96 bits per heavy atom. The number of ether oxygens (including phenoxy) is 1. The summed E-state index contributed by atoms with van der Waals surface area (Å²) in [7, 11) is 0. The van der Waals surface area contributed by atoms with Crippen LogP contribution in [0.5, 0.6) is 0 Å². The molecule has 4 heteroatoms. The van der Waals surface area contributed by atoms with Gasteiger partial charge in [0.05, 0.1) is 5.92 Å². The predicted molar refractivity (Wildman–Crippen MR) is 114 cm³/mol. The number of allylic oxidation sites excluding steroid dienone is 1. The van der Waals surface area contributed by atoms with Gasteiger partial charge in [0.15, 0.2) is 0 Å². The fourth-order valence-corrected chi connectivity index (χ4v) is 2.63. The van der Waals surface area contributed by atoms with Gasteiger partial charge in [-0.3, -0.25) is 9.59 Å². The van der Waals surface area contributed by atoms with Crippen LogP contribution in [0.2, 0.25) is 0 Å². The van der Waals surface area contributed by atoms with Crippen molar-refractivity contribution in [3.63, 3.8) is 0 Å². The predicted octanol–water partition coefficient (Wildman–Crippen LogP) is 6.70. The van der Waals surface area contributed by atoms with Gasteiger partial charge in [0.25, 0.3) is 0 Å². The Morgan fingerprint density at radius 1 is 0.889 bits per heavy atom. The standard InChI is InChI=1S/C13H24O2.C10H18O2/c1-3-5-6-7-8-9-11-12(10-4-2)13(14)15;1-3-5-6-7-8-10(11)12-9-4-2/h4,12H,2-3,5-11H2,1H3,(H,14,15);4H,2-3,5-9H2,1H3. The van der Waals surface area contributed by atoms with Crippen molar-refractivity contribution in [2.75, 3.05) is 6.61 Å². The van der Waals surface area contributed by atoms with Crippen LogP contribution in [0.15, 0.2) is 25.3 Å². The number of esters is 1. The molecule has 0 aromatic carbocycles. The zero-order valence-corrected chi connectivity index (χ0v) is 17.7. The van der Waals surface area contributed by atoms with Crippen molar-refractivity contribution >= 4 is 11.9 Å². The van der Waals surface area contributed by atoms with Gasteiger partial charge in [-0.05, 0) is 19.3 Å². The molecule has 0 radical (unpaired) electrons. The largest absolute Gasteiger partial charge is 0.481 e. The minimum absolute atomic E-state index is 0.106. The summed E-state index contributed by atoms with van der Waals surface area (Å²) in [5.74, 6) is -0.997. The molecule has 1 atom stereocenters. The van der Waals surface area contributed by atoms with Crippen molar-refractivity contribution in [1.29, 1.82) is 0 Å². The number of carbonyl (C=O) groups is 2. The topological polar surface area (TPSA) is 63.6 Å². The first-order valence-electron chi connectivity index (χ1n) is 10.6. The van der Waals surface area contributed by atoms with E-state index >= 15 is 0 Å². The maximum Gasteiger partial charge on any atom is 0.306 e. The Morgan fingerprint density at radius 2 is 1.44 bits per heavy atom. The van der Waals surface area contributed by atoms with Crippen LogP contribution in [0, 0.1) is 5.92 Å². The molecule has 1 unspecified atom stereocenters. The van der Waals surface area contributed by atoms with Crippen molar-refractivity contribution in [2.45, 2.75) is 97.3 Å². The number of carbonyl (C=O) groups excluding carboxylic acids is 1. The van der Waals surface area contributed by atoms with Gasteiger partial charge < -0.3 is 9.84 Å². The molecule has 0 heterocycles. The number of unbranched alkanes of at least 4 members (excludes halogenated alkanes) is 8. The summed E-state index contributed by atoms with van der Waals surface area (Å²) in [6.07, 6.45) is 17.0. The van der Waals surface area contributed by atoms with E-state index in [1.54, 1.807) is 12.2 Å². The average molecular weight is 383 g/mol. The molecule has 0 saturated carbocycles. The molecule has 1 N–H and O–H groups in total. The highest BCUT2D eigenvalue weighted by Crippen LogP contribution is 2.15. The van der Waals surface area contributed by atoms with E-state index in [1.807, 2.05) is 0 Å². The van der Waals surface area contributed by atoms with Crippen LogP contribution in [-0.4, -0.2) is 23.7 Å². The third-order valence-electron chi connectivity index (χ3n) is 4.30. The van der Waals surface area contributed by atoms with Crippen LogP contribution >= 0.6 is 0 Å². The molecular formula is C23H42O4. The summed E-state index contributed by atoms with van der Waals surface area (Å²) < 4.78 is 4.81. The third-order valence-corrected chi connectivity index (χ3v) is 4.30. The summed E-state index contributed by atoms with van der Waals surface area (Å²) >= 11 is 0. The molecule has 0 bridgehead atoms. The molecule has 0 aromatic heterocycles. The van der Waals surface area contributed by atoms with Gasteiger partial charge >= 0.3 is 11.9 Å². The molecular weight excluding hydrogens is 340 g/mol. The molecule has 4 nitrogen and oxygen atoms in total. The van der Waals surface area contributed by atoms with Crippen LogP contribution in [0.4, 0.5) is 0 Å². The average Bonchev–Trinajstić information content (AvgIpc) is 2.65. The summed E-state index contributed by atoms with van der Waals surface area (Å²) in [4.78, 5) is 21.7. The first-order valence-corrected chi connectivity index (χ1v) is 10.6. The molecule has 0 saturated heterocycles. The van der Waals surface area contributed by atoms with E-state index < -0.39 is 5.97 Å². The van der Waals surface area contributed by atoms with Gasteiger partial charge in [-0.2, -0.15) is 0 Å². The van der Waals surface area contributed by atoms with E-state index in [0.29, 0.717) is 19.4 Å². The number of aliphatic carboxylic acids is 1. The quantitative estimate of drug-likeness (QED) is 0.173. The zero-order valence-electron chi connectivity index (χ0n) is 17.7. The molecule has 0 aliphatic carbocycles. The van der Waals surface area contributed by atoms with Crippen LogP contribution < -0.4 is 0 Å². The molecule has 0 amide bonds. The van der Waals surface area contributed by atoms with E-state index in [0.717, 1.165) is 25.7 Å². The van der Waals surface area contributed by atoms with Crippen molar-refractivity contribution in [2.24, 2.45) is 5.92 Å². The molecule has 0 fully saturated rings. The second kappa shape index (κ2) is 22.5. The Hall–Kier alpha value is -1.58. The van der Waals surface area contributed by atoms with E-state index in [-0.39, 0.29) is 11.9 Å². The summed E-state index contributed by atoms with van der Waals surface area (Å²) in [6.45, 7) is 11.7. The number of rotatable bonds is 17. The second-order valence-electron chi connectivity index (χ2n) is 6.90. The normalized spacial score (nSPS) is 11.0. The fraction of sp³-hybridized carbons (Fsp3) is 0.739. The number of carboxylic acids is 1. The SMILES string of the molecule is C=CCC(CCCCCCCC)C(=O)O.C=CCOC(=O)CCCCCC. The molecule has 0 spiro atoms. The highest BCUT2D eigenvalue weighted by molar-refractivity contribution is 5.70. The highest BCUT2D eigenvalue weighted by atomic mass is 16.5. The van der Waals surface area contributed by atoms with Gasteiger partial charge in [-0.15, -0.1) is 6.58 Å². The summed E-state index contributed by atoms with van der Waals surface area (Å²) in [5, 5.41) is 8.90. The van der Waals surface area contributed by atoms with E-state index in [4.69, 9.17) is 9.84 Å². The first kappa shape index (κ1) is 27.6. The second-order valence-corrected chi connectivity index (χ2v) is 6.90. The van der Waals surface area contributed by atoms with Gasteiger partial charge in [0.1, 0.15) is 6.61 Å². The molecule has 27 heavy (non-hydrogen) atoms. The Balaban J connectivity index is 0. The Bertz CT molecular complexity index is 377. The number of hydrogen-bond donors (Lipinski definition) is 1. The molecule has 158 valence electrons. The van der Waals surface area contributed by atoms with E-state index in [9.17, 15) is 9.59 Å². The summed E-state index contributed by atoms with van der Waals surface area (Å²) in [5.41, 5.74) is 0. The first-order chi connectivity index (χ1) is 13.0. The van der Waals surface area contributed by atoms with Crippen LogP contribution in [0.3, 0.4) is 0 Å². The highest BCUT2D eigenvalue weighted by Gasteiger charge is 2.14.